The van der Waals surface area contributed by atoms with Gasteiger partial charge in [0.15, 0.2) is 4.90 Å². The number of aromatic nitrogens is 2. The van der Waals surface area contributed by atoms with Crippen molar-refractivity contribution in [3.8, 4) is 0 Å². The van der Waals surface area contributed by atoms with Crippen LogP contribution in [0.3, 0.4) is 0 Å². The van der Waals surface area contributed by atoms with Crippen molar-refractivity contribution >= 4 is 21.7 Å². The van der Waals surface area contributed by atoms with Gasteiger partial charge in [-0.15, -0.1) is 0 Å². The van der Waals surface area contributed by atoms with Crippen LogP contribution in [0.15, 0.2) is 40.2 Å². The zero-order valence-corrected chi connectivity index (χ0v) is 21.7. The summed E-state index contributed by atoms with van der Waals surface area (Å²) in [7, 11) is -4.46. The van der Waals surface area contributed by atoms with Crippen LogP contribution in [0.4, 0.5) is 19.0 Å². The number of nitrogens with one attached hydrogen (secondary N) is 2. The predicted molar refractivity (Wildman–Crippen MR) is 132 cm³/mol. The van der Waals surface area contributed by atoms with Gasteiger partial charge < -0.3 is 9.88 Å². The average molecular weight is 541 g/mol. The third-order valence-electron chi connectivity index (χ3n) is 7.99. The van der Waals surface area contributed by atoms with Crippen molar-refractivity contribution < 1.29 is 26.4 Å². The predicted octanol–water partition coefficient (Wildman–Crippen LogP) is 4.35. The highest BCUT2D eigenvalue weighted by Gasteiger charge is 2.43. The van der Waals surface area contributed by atoms with Crippen molar-refractivity contribution in [3.05, 3.63) is 52.1 Å². The minimum atomic E-state index is -4.46. The number of sulfonamides is 1. The molecule has 2 aromatic heterocycles. The number of pyridine rings is 2. The fourth-order valence-corrected chi connectivity index (χ4v) is 6.27. The van der Waals surface area contributed by atoms with Crippen LogP contribution in [0, 0.1) is 11.8 Å². The fraction of sp³-hybridized carbons (Fsp3) is 0.560. The van der Waals surface area contributed by atoms with E-state index in [2.05, 4.69) is 11.9 Å². The van der Waals surface area contributed by atoms with E-state index < -0.39 is 44.0 Å². The standard InChI is InChI=1S/C25H31F3N4O4S/c1-15-12-14-32(24(15,2)3)21-18(22(33)31-37(35,36)20-5-4-13-29-23(20)34)10-11-19(30-21)16-6-8-17(9-7-16)25(26,27)28/h4-5,10-11,13,15-17H,6-9,12,14H2,1-3H3,(H,29,34)(H,31,33). The smallest absolute Gasteiger partial charge is 0.351 e. The Kier molecular flexibility index (Phi) is 7.17. The van der Waals surface area contributed by atoms with E-state index in [0.717, 1.165) is 12.5 Å². The van der Waals surface area contributed by atoms with E-state index in [1.165, 1.54) is 18.3 Å². The largest absolute Gasteiger partial charge is 0.391 e. The molecule has 1 unspecified atom stereocenters. The molecule has 37 heavy (non-hydrogen) atoms. The molecule has 2 fully saturated rings. The van der Waals surface area contributed by atoms with Crippen LogP contribution in [-0.2, 0) is 10.0 Å². The number of amides is 1. The summed E-state index contributed by atoms with van der Waals surface area (Å²) < 4.78 is 67.0. The molecule has 2 aliphatic rings. The summed E-state index contributed by atoms with van der Waals surface area (Å²) in [6.07, 6.45) is -1.42. The molecule has 1 saturated carbocycles. The topological polar surface area (TPSA) is 112 Å². The maximum absolute atomic E-state index is 13.3. The quantitative estimate of drug-likeness (QED) is 0.583. The van der Waals surface area contributed by atoms with Gasteiger partial charge in [0.25, 0.3) is 21.5 Å². The van der Waals surface area contributed by atoms with E-state index >= 15 is 0 Å². The lowest BCUT2D eigenvalue weighted by Gasteiger charge is -2.37. The van der Waals surface area contributed by atoms with Crippen molar-refractivity contribution in [2.24, 2.45) is 11.8 Å². The van der Waals surface area contributed by atoms with Gasteiger partial charge in [0.05, 0.1) is 11.5 Å². The number of hydrogen-bond donors (Lipinski definition) is 2. The molecule has 0 radical (unpaired) electrons. The number of aromatic amines is 1. The Morgan fingerprint density at radius 3 is 2.38 bits per heavy atom. The summed E-state index contributed by atoms with van der Waals surface area (Å²) in [5.41, 5.74) is -0.652. The van der Waals surface area contributed by atoms with Gasteiger partial charge >= 0.3 is 6.18 Å². The first-order valence-electron chi connectivity index (χ1n) is 12.3. The van der Waals surface area contributed by atoms with E-state index in [1.54, 1.807) is 6.07 Å². The number of carbonyl (C=O) groups is 1. The molecule has 2 aromatic rings. The second-order valence-electron chi connectivity index (χ2n) is 10.5. The van der Waals surface area contributed by atoms with Crippen molar-refractivity contribution in [2.45, 2.75) is 75.4 Å². The third-order valence-corrected chi connectivity index (χ3v) is 9.35. The highest BCUT2D eigenvalue weighted by atomic mass is 32.2. The van der Waals surface area contributed by atoms with Crippen LogP contribution >= 0.6 is 0 Å². The molecule has 1 saturated heterocycles. The van der Waals surface area contributed by atoms with Gasteiger partial charge in [-0.25, -0.2) is 18.1 Å². The molecule has 1 aliphatic heterocycles. The second kappa shape index (κ2) is 9.77. The van der Waals surface area contributed by atoms with Crippen LogP contribution in [0.2, 0.25) is 0 Å². The Bertz CT molecular complexity index is 1330. The molecule has 0 aromatic carbocycles. The van der Waals surface area contributed by atoms with Crippen molar-refractivity contribution in [1.82, 2.24) is 14.7 Å². The monoisotopic (exact) mass is 540 g/mol. The normalized spacial score (nSPS) is 24.2. The summed E-state index contributed by atoms with van der Waals surface area (Å²) in [6, 6.07) is 5.50. The molecular weight excluding hydrogens is 509 g/mol. The number of nitrogens with zero attached hydrogens (tertiary/aromatic N) is 2. The molecule has 1 aliphatic carbocycles. The highest BCUT2D eigenvalue weighted by Crippen LogP contribution is 2.44. The third kappa shape index (κ3) is 5.39. The summed E-state index contributed by atoms with van der Waals surface area (Å²) in [6.45, 7) is 6.68. The molecule has 2 N–H and O–H groups in total. The summed E-state index contributed by atoms with van der Waals surface area (Å²) >= 11 is 0. The molecule has 202 valence electrons. The van der Waals surface area contributed by atoms with Crippen molar-refractivity contribution in [3.63, 3.8) is 0 Å². The van der Waals surface area contributed by atoms with Gasteiger partial charge in [0.1, 0.15) is 5.82 Å². The Balaban J connectivity index is 1.68. The Labute approximate surface area is 213 Å². The molecule has 3 heterocycles. The first-order chi connectivity index (χ1) is 17.2. The van der Waals surface area contributed by atoms with Crippen LogP contribution in [-0.4, -0.2) is 42.6 Å². The van der Waals surface area contributed by atoms with Crippen LogP contribution < -0.4 is 15.2 Å². The molecule has 0 bridgehead atoms. The van der Waals surface area contributed by atoms with E-state index in [9.17, 15) is 31.2 Å². The van der Waals surface area contributed by atoms with E-state index in [4.69, 9.17) is 4.98 Å². The molecule has 1 atom stereocenters. The minimum Gasteiger partial charge on any atom is -0.351 e. The number of halogens is 3. The zero-order chi connectivity index (χ0) is 27.2. The maximum Gasteiger partial charge on any atom is 0.391 e. The SMILES string of the molecule is CC1CCN(c2nc(C3CCC(C(F)(F)F)CC3)ccc2C(=O)NS(=O)(=O)c2ccc[nH]c2=O)C1(C)C. The fourth-order valence-electron chi connectivity index (χ4n) is 5.25. The molecule has 1 amide bonds. The van der Waals surface area contributed by atoms with Gasteiger partial charge in [-0.2, -0.15) is 13.2 Å². The Morgan fingerprint density at radius 2 is 1.81 bits per heavy atom. The number of rotatable bonds is 5. The van der Waals surface area contributed by atoms with Gasteiger partial charge in [0, 0.05) is 29.9 Å². The molecule has 0 spiro atoms. The summed E-state index contributed by atoms with van der Waals surface area (Å²) in [5.74, 6) is -1.90. The van der Waals surface area contributed by atoms with Crippen LogP contribution in [0.1, 0.15) is 74.8 Å². The molecule has 8 nitrogen and oxygen atoms in total. The number of H-pyrrole nitrogens is 1. The first kappa shape index (κ1) is 27.2. The maximum atomic E-state index is 13.3. The average Bonchev–Trinajstić information content (AvgIpc) is 3.10. The highest BCUT2D eigenvalue weighted by molar-refractivity contribution is 7.90. The molecule has 4 rings (SSSR count). The minimum absolute atomic E-state index is 0.0174. The van der Waals surface area contributed by atoms with Gasteiger partial charge in [-0.3, -0.25) is 9.59 Å². The number of carbonyl (C=O) groups excluding carboxylic acids is 1. The molecule has 12 heteroatoms. The zero-order valence-electron chi connectivity index (χ0n) is 20.9. The van der Waals surface area contributed by atoms with Crippen molar-refractivity contribution in [1.29, 1.82) is 0 Å². The van der Waals surface area contributed by atoms with Crippen molar-refractivity contribution in [2.75, 3.05) is 11.4 Å². The van der Waals surface area contributed by atoms with Crippen LogP contribution in [0.5, 0.6) is 0 Å². The summed E-state index contributed by atoms with van der Waals surface area (Å²) in [4.78, 5) is 33.7. The lowest BCUT2D eigenvalue weighted by molar-refractivity contribution is -0.182. The Morgan fingerprint density at radius 1 is 1.14 bits per heavy atom. The van der Waals surface area contributed by atoms with Crippen LogP contribution in [0.25, 0.3) is 0 Å². The van der Waals surface area contributed by atoms with E-state index in [-0.39, 0.29) is 30.2 Å². The van der Waals surface area contributed by atoms with E-state index in [1.807, 2.05) is 23.5 Å². The van der Waals surface area contributed by atoms with Gasteiger partial charge in [0.2, 0.25) is 0 Å². The Hall–Kier alpha value is -2.89. The second-order valence-corrected chi connectivity index (χ2v) is 12.1. The van der Waals surface area contributed by atoms with Gasteiger partial charge in [-0.05, 0) is 76.1 Å². The lowest BCUT2D eigenvalue weighted by atomic mass is 9.80. The number of anilines is 1. The number of alkyl halides is 3. The van der Waals surface area contributed by atoms with E-state index in [0.29, 0.717) is 30.9 Å². The summed E-state index contributed by atoms with van der Waals surface area (Å²) in [5, 5.41) is 0. The first-order valence-corrected chi connectivity index (χ1v) is 13.8. The van der Waals surface area contributed by atoms with Gasteiger partial charge in [-0.1, -0.05) is 6.92 Å². The number of hydrogen-bond acceptors (Lipinski definition) is 6. The molecular formula is C25H31F3N4O4S. The lowest BCUT2D eigenvalue weighted by Crippen LogP contribution is -2.44.